The maximum absolute atomic E-state index is 13.0. The van der Waals surface area contributed by atoms with Crippen molar-refractivity contribution in [2.24, 2.45) is 0 Å². The Morgan fingerprint density at radius 3 is 2.16 bits per heavy atom. The average molecular weight is 459 g/mol. The number of hydrogen-bond acceptors (Lipinski definition) is 6. The number of hydrogen-bond donors (Lipinski definition) is 2. The number of carbonyl (C=O) groups is 3. The minimum Gasteiger partial charge on any atom is -0.394 e. The van der Waals surface area contributed by atoms with Gasteiger partial charge in [0.1, 0.15) is 0 Å². The van der Waals surface area contributed by atoms with Gasteiger partial charge in [0, 0.05) is 42.3 Å². The van der Waals surface area contributed by atoms with Crippen molar-refractivity contribution >= 4 is 27.5 Å². The highest BCUT2D eigenvalue weighted by Crippen LogP contribution is 2.29. The number of carbonyl (C=O) groups excluding carboxylic acids is 3. The molecule has 0 fully saturated rings. The molecule has 0 spiro atoms. The molecule has 170 valence electrons. The molecule has 0 radical (unpaired) electrons. The normalized spacial score (nSPS) is 13.7. The first kappa shape index (κ1) is 23.8. The van der Waals surface area contributed by atoms with E-state index in [0.29, 0.717) is 5.56 Å². The summed E-state index contributed by atoms with van der Waals surface area (Å²) in [5.74, 6) is -0.992. The Hall–Kier alpha value is -2.88. The topological polar surface area (TPSA) is 121 Å². The van der Waals surface area contributed by atoms with Crippen molar-refractivity contribution in [1.29, 1.82) is 0 Å². The third-order valence-electron chi connectivity index (χ3n) is 5.35. The highest BCUT2D eigenvalue weighted by molar-refractivity contribution is 7.89. The van der Waals surface area contributed by atoms with Crippen LogP contribution < -0.4 is 5.32 Å². The molecule has 0 saturated carbocycles. The van der Waals surface area contributed by atoms with E-state index in [9.17, 15) is 27.9 Å². The summed E-state index contributed by atoms with van der Waals surface area (Å²) in [6.07, 6.45) is 0.371. The lowest BCUT2D eigenvalue weighted by Gasteiger charge is -2.24. The van der Waals surface area contributed by atoms with E-state index in [1.165, 1.54) is 25.2 Å². The number of rotatable bonds is 8. The molecule has 0 aromatic heterocycles. The first-order valence-corrected chi connectivity index (χ1v) is 11.6. The van der Waals surface area contributed by atoms with Crippen LogP contribution in [0.4, 0.5) is 0 Å². The van der Waals surface area contributed by atoms with Crippen LogP contribution in [0.5, 0.6) is 0 Å². The lowest BCUT2D eigenvalue weighted by molar-refractivity contribution is -0.123. The van der Waals surface area contributed by atoms with Crippen molar-refractivity contribution in [3.8, 4) is 0 Å². The monoisotopic (exact) mass is 458 g/mol. The molecule has 0 atom stereocenters. The Balaban J connectivity index is 1.74. The van der Waals surface area contributed by atoms with Gasteiger partial charge >= 0.3 is 0 Å². The molecule has 1 aliphatic carbocycles. The van der Waals surface area contributed by atoms with Crippen molar-refractivity contribution in [2.75, 3.05) is 20.2 Å². The van der Waals surface area contributed by atoms with Crippen LogP contribution in [0.1, 0.15) is 58.5 Å². The van der Waals surface area contributed by atoms with Crippen LogP contribution in [0, 0.1) is 0 Å². The number of aliphatic hydroxyl groups is 1. The molecule has 1 amide bonds. The lowest BCUT2D eigenvalue weighted by Crippen LogP contribution is -2.46. The van der Waals surface area contributed by atoms with Crippen LogP contribution in [0.3, 0.4) is 0 Å². The highest BCUT2D eigenvalue weighted by Gasteiger charge is 2.31. The van der Waals surface area contributed by atoms with Gasteiger partial charge in [-0.3, -0.25) is 14.4 Å². The Morgan fingerprint density at radius 1 is 1.00 bits per heavy atom. The Bertz CT molecular complexity index is 1190. The van der Waals surface area contributed by atoms with Crippen LogP contribution in [-0.4, -0.2) is 61.0 Å². The van der Waals surface area contributed by atoms with Crippen molar-refractivity contribution in [2.45, 2.75) is 37.1 Å². The van der Waals surface area contributed by atoms with Gasteiger partial charge in [0.15, 0.2) is 11.6 Å². The summed E-state index contributed by atoms with van der Waals surface area (Å²) in [6, 6.07) is 10.4. The SMILES string of the molecule is CN(CCCC(=O)NC(C)(C)CO)S(=O)(=O)c1ccc2c(c1)C(=O)c1ccccc1C2=O. The number of amides is 1. The van der Waals surface area contributed by atoms with Gasteiger partial charge in [0.25, 0.3) is 0 Å². The van der Waals surface area contributed by atoms with Crippen LogP contribution in [0.2, 0.25) is 0 Å². The molecule has 32 heavy (non-hydrogen) atoms. The molecule has 0 aliphatic heterocycles. The molecule has 9 heteroatoms. The second kappa shape index (κ2) is 8.93. The van der Waals surface area contributed by atoms with Gasteiger partial charge in [0.2, 0.25) is 15.9 Å². The van der Waals surface area contributed by atoms with Gasteiger partial charge in [0.05, 0.1) is 17.0 Å². The molecule has 1 aliphatic rings. The van der Waals surface area contributed by atoms with E-state index >= 15 is 0 Å². The maximum atomic E-state index is 13.0. The van der Waals surface area contributed by atoms with E-state index in [1.807, 2.05) is 0 Å². The van der Waals surface area contributed by atoms with E-state index in [-0.39, 0.29) is 59.3 Å². The molecule has 8 nitrogen and oxygen atoms in total. The fraction of sp³-hybridized carbons (Fsp3) is 0.348. The number of aliphatic hydroxyl groups excluding tert-OH is 1. The van der Waals surface area contributed by atoms with Gasteiger partial charge in [-0.15, -0.1) is 0 Å². The van der Waals surface area contributed by atoms with Gasteiger partial charge in [-0.05, 0) is 38.5 Å². The van der Waals surface area contributed by atoms with E-state index in [0.717, 1.165) is 4.31 Å². The van der Waals surface area contributed by atoms with E-state index < -0.39 is 21.3 Å². The minimum absolute atomic E-state index is 0.0637. The van der Waals surface area contributed by atoms with Crippen LogP contribution in [0.25, 0.3) is 0 Å². The van der Waals surface area contributed by atoms with Crippen LogP contribution in [-0.2, 0) is 14.8 Å². The largest absolute Gasteiger partial charge is 0.394 e. The van der Waals surface area contributed by atoms with Crippen molar-refractivity contribution in [3.05, 3.63) is 64.7 Å². The molecule has 2 N–H and O–H groups in total. The average Bonchev–Trinajstić information content (AvgIpc) is 2.76. The fourth-order valence-electron chi connectivity index (χ4n) is 3.48. The third-order valence-corrected chi connectivity index (χ3v) is 7.21. The third kappa shape index (κ3) is 4.64. The number of benzene rings is 2. The Labute approximate surface area is 187 Å². The zero-order chi connectivity index (χ0) is 23.7. The summed E-state index contributed by atoms with van der Waals surface area (Å²) < 4.78 is 27.1. The lowest BCUT2D eigenvalue weighted by atomic mass is 9.84. The molecular weight excluding hydrogens is 432 g/mol. The predicted octanol–water partition coefficient (Wildman–Crippen LogP) is 1.75. The first-order valence-electron chi connectivity index (χ1n) is 10.2. The van der Waals surface area contributed by atoms with E-state index in [2.05, 4.69) is 5.32 Å². The molecule has 0 unspecified atom stereocenters. The quantitative estimate of drug-likeness (QED) is 0.531. The van der Waals surface area contributed by atoms with Gasteiger partial charge < -0.3 is 10.4 Å². The Morgan fingerprint density at radius 2 is 1.56 bits per heavy atom. The Kier molecular flexibility index (Phi) is 6.64. The molecule has 0 heterocycles. The van der Waals surface area contributed by atoms with Crippen LogP contribution in [0.15, 0.2) is 47.4 Å². The zero-order valence-electron chi connectivity index (χ0n) is 18.2. The highest BCUT2D eigenvalue weighted by atomic mass is 32.2. The van der Waals surface area contributed by atoms with Gasteiger partial charge in [-0.25, -0.2) is 12.7 Å². The van der Waals surface area contributed by atoms with Crippen molar-refractivity contribution < 1.29 is 27.9 Å². The summed E-state index contributed by atoms with van der Waals surface area (Å²) in [5, 5.41) is 11.9. The minimum atomic E-state index is -3.93. The molecule has 0 bridgehead atoms. The number of ketones is 2. The van der Waals surface area contributed by atoms with Gasteiger partial charge in [-0.1, -0.05) is 24.3 Å². The smallest absolute Gasteiger partial charge is 0.242 e. The summed E-state index contributed by atoms with van der Waals surface area (Å²) in [4.78, 5) is 37.5. The summed E-state index contributed by atoms with van der Waals surface area (Å²) >= 11 is 0. The second-order valence-corrected chi connectivity index (χ2v) is 10.5. The van der Waals surface area contributed by atoms with E-state index in [1.54, 1.807) is 38.1 Å². The maximum Gasteiger partial charge on any atom is 0.242 e. The first-order chi connectivity index (χ1) is 15.0. The molecule has 0 saturated heterocycles. The molecule has 3 rings (SSSR count). The standard InChI is InChI=1S/C23H26N2O6S/c1-23(2,14-26)24-20(27)9-6-12-25(3)32(30,31)15-10-11-18-19(13-15)22(29)17-8-5-4-7-16(17)21(18)28/h4-5,7-8,10-11,13,26H,6,9,12,14H2,1-3H3,(H,24,27). The van der Waals surface area contributed by atoms with Gasteiger partial charge in [-0.2, -0.15) is 0 Å². The van der Waals surface area contributed by atoms with E-state index in [4.69, 9.17) is 0 Å². The van der Waals surface area contributed by atoms with Crippen molar-refractivity contribution in [1.82, 2.24) is 9.62 Å². The summed E-state index contributed by atoms with van der Waals surface area (Å²) in [7, 11) is -2.53. The number of nitrogens with zero attached hydrogens (tertiary/aromatic N) is 1. The predicted molar refractivity (Wildman–Crippen MR) is 118 cm³/mol. The molecule has 2 aromatic carbocycles. The number of sulfonamides is 1. The summed E-state index contributed by atoms with van der Waals surface area (Å²) in [5.41, 5.74) is 0.0539. The fourth-order valence-corrected chi connectivity index (χ4v) is 4.72. The molecular formula is C23H26N2O6S. The zero-order valence-corrected chi connectivity index (χ0v) is 19.0. The molecule has 2 aromatic rings. The van der Waals surface area contributed by atoms with Crippen molar-refractivity contribution in [3.63, 3.8) is 0 Å². The summed E-state index contributed by atoms with van der Waals surface area (Å²) in [6.45, 7) is 3.24. The second-order valence-electron chi connectivity index (χ2n) is 8.43. The number of fused-ring (bicyclic) bond motifs is 2. The van der Waals surface area contributed by atoms with Crippen LogP contribution >= 0.6 is 0 Å². The number of nitrogens with one attached hydrogen (secondary N) is 1.